The first-order valence-corrected chi connectivity index (χ1v) is 37.1. The summed E-state index contributed by atoms with van der Waals surface area (Å²) < 4.78 is 99.7. The number of para-hydroxylation sites is 2. The Kier molecular flexibility index (Phi) is 17.3. The number of esters is 1. The molecule has 4 aromatic rings. The number of alkyl carbamates (subject to hydrolysis) is 1. The van der Waals surface area contributed by atoms with E-state index in [1.165, 1.54) is 82.2 Å². The minimum atomic E-state index is -4.87. The zero-order chi connectivity index (χ0) is 66.3. The largest absolute Gasteiger partial charge is 0.508 e. The standard InChI is InChI=1S/C61H68N8O18S6/c1-39(70)85-37-60-51(74)66-47-56(35-58(66,88-90-60)49(72)64(60)5,42-23-13-15-25-44(42)68(47)92(78,79)40-19-9-7-10-20-40)57-36-59-50(73)65(6)61(91-89-59,52(75)67(59)48(57)69(45-26-16-14-24-43(45)57)93(80,81)41-21-11-8-12-22-41)38-86-54(77)84-30-18-17-27-46(71)62-28-31-82-33-34-83-32-29-63-53(76)87-55(2,3)4/h7-16,19-26,47-48H,17-18,27-38H2,1-6H3,(H,62,71)(H,63,76)/t47-,48-,56-,57-,58-,59-,60-,61-/m0/s1. The quantitative estimate of drug-likeness (QED) is 0.0402. The molecule has 8 saturated heterocycles. The summed E-state index contributed by atoms with van der Waals surface area (Å²) in [5.74, 6) is -3.98. The number of sulfonamides is 2. The van der Waals surface area contributed by atoms with Crippen LogP contribution in [0.15, 0.2) is 119 Å². The number of fused-ring (bicyclic) bond motifs is 11. The van der Waals surface area contributed by atoms with E-state index >= 15 is 36.0 Å². The van der Waals surface area contributed by atoms with Gasteiger partial charge < -0.3 is 48.9 Å². The first-order valence-electron chi connectivity index (χ1n) is 29.9. The maximum absolute atomic E-state index is 16.5. The molecule has 14 rings (SSSR count). The predicted molar refractivity (Wildman–Crippen MR) is 342 cm³/mol. The summed E-state index contributed by atoms with van der Waals surface area (Å²) >= 11 is 0. The number of ether oxygens (including phenoxy) is 6. The molecule has 0 radical (unpaired) electrons. The number of amides is 6. The van der Waals surface area contributed by atoms with E-state index < -0.39 is 136 Å². The van der Waals surface area contributed by atoms with Gasteiger partial charge in [-0.2, -0.15) is 0 Å². The highest BCUT2D eigenvalue weighted by atomic mass is 33.1. The molecular formula is C61H68N8O18S6. The van der Waals surface area contributed by atoms with E-state index in [9.17, 15) is 19.2 Å². The number of anilines is 2. The third-order valence-corrected chi connectivity index (χ3v) is 28.9. The highest BCUT2D eigenvalue weighted by molar-refractivity contribution is 8.78. The SMILES string of the molecule is CC(=O)OC[C@]12SS[C@@]3(C[C@]4([C@]56C[C@@]78SS[C@@](COC(=O)OCCCCC(=O)NCCOCCOCCNC(=O)OC(C)(C)C)(C(=O)N7[C@H]5N(S(=O)(=O)c5ccccc5)c5ccccc56)N(C)C8=O)c5ccccc5N(S(=O)(=O)c5ccccc5)[C@@H]4N3C1=O)C(=O)N2C. The molecule has 2 N–H and O–H groups in total. The zero-order valence-electron chi connectivity index (χ0n) is 51.4. The third kappa shape index (κ3) is 10.2. The molecule has 0 aromatic heterocycles. The molecule has 0 saturated carbocycles. The Bertz CT molecular complexity index is 3950. The van der Waals surface area contributed by atoms with Crippen LogP contribution >= 0.6 is 43.2 Å². The molecule has 32 heteroatoms. The van der Waals surface area contributed by atoms with Crippen LogP contribution in [0.5, 0.6) is 0 Å². The predicted octanol–water partition coefficient (Wildman–Crippen LogP) is 5.48. The Hall–Kier alpha value is -6.94. The number of hydrogen-bond donors (Lipinski definition) is 2. The van der Waals surface area contributed by atoms with Gasteiger partial charge in [-0.15, -0.1) is 0 Å². The van der Waals surface area contributed by atoms with E-state index in [-0.39, 0.29) is 97.2 Å². The van der Waals surface area contributed by atoms with Gasteiger partial charge in [-0.25, -0.2) is 35.0 Å². The third-order valence-electron chi connectivity index (χ3n) is 18.1. The molecule has 4 aromatic carbocycles. The molecule has 10 aliphatic heterocycles. The average Bonchev–Trinajstić information content (AvgIpc) is 1.44. The number of carbonyl (C=O) groups excluding carboxylic acids is 8. The van der Waals surface area contributed by atoms with Crippen molar-refractivity contribution in [1.82, 2.24) is 30.2 Å². The molecule has 10 heterocycles. The van der Waals surface area contributed by atoms with Gasteiger partial charge in [0.15, 0.2) is 9.74 Å². The van der Waals surface area contributed by atoms with Crippen LogP contribution in [-0.4, -0.2) is 195 Å². The Labute approximate surface area is 553 Å². The summed E-state index contributed by atoms with van der Waals surface area (Å²) in [6.07, 6.45) is -5.48. The van der Waals surface area contributed by atoms with Gasteiger partial charge in [0.2, 0.25) is 15.6 Å². The molecule has 26 nitrogen and oxygen atoms in total. The van der Waals surface area contributed by atoms with Gasteiger partial charge in [-0.3, -0.25) is 38.6 Å². The second-order valence-corrected chi connectivity index (χ2v) is 33.5. The van der Waals surface area contributed by atoms with Gasteiger partial charge in [0.25, 0.3) is 43.7 Å². The van der Waals surface area contributed by atoms with Crippen molar-refractivity contribution in [3.63, 3.8) is 0 Å². The molecule has 2 spiro atoms. The second-order valence-electron chi connectivity index (χ2n) is 24.5. The van der Waals surface area contributed by atoms with Crippen LogP contribution in [0.1, 0.15) is 70.9 Å². The summed E-state index contributed by atoms with van der Waals surface area (Å²) in [4.78, 5) is 112. The van der Waals surface area contributed by atoms with Crippen LogP contribution in [-0.2, 0) is 88.1 Å². The van der Waals surface area contributed by atoms with Crippen LogP contribution in [0.3, 0.4) is 0 Å². The Morgan fingerprint density at radius 1 is 0.548 bits per heavy atom. The van der Waals surface area contributed by atoms with Gasteiger partial charge in [0.1, 0.15) is 31.1 Å². The number of benzene rings is 4. The van der Waals surface area contributed by atoms with Crippen molar-refractivity contribution in [2.45, 2.75) is 118 Å². The maximum atomic E-state index is 16.5. The number of rotatable bonds is 23. The number of carbonyl (C=O) groups is 8. The lowest BCUT2D eigenvalue weighted by molar-refractivity contribution is -0.169. The van der Waals surface area contributed by atoms with Crippen molar-refractivity contribution in [2.75, 3.05) is 82.0 Å². The number of hydrogen-bond acceptors (Lipinski definition) is 22. The van der Waals surface area contributed by atoms with Crippen LogP contribution in [0.4, 0.5) is 21.0 Å². The summed E-state index contributed by atoms with van der Waals surface area (Å²) in [7, 11) is -3.03. The number of nitrogens with zero attached hydrogens (tertiary/aromatic N) is 6. The summed E-state index contributed by atoms with van der Waals surface area (Å²) in [5, 5.41) is 5.36. The topological polar surface area (TPSA) is 304 Å². The fourth-order valence-electron chi connectivity index (χ4n) is 14.2. The summed E-state index contributed by atoms with van der Waals surface area (Å²) in [6.45, 7) is 6.35. The highest BCUT2D eigenvalue weighted by Gasteiger charge is 2.90. The fourth-order valence-corrected chi connectivity index (χ4v) is 24.9. The number of unbranched alkanes of at least 4 members (excludes halogenated alkanes) is 1. The van der Waals surface area contributed by atoms with Crippen molar-refractivity contribution in [1.29, 1.82) is 0 Å². The van der Waals surface area contributed by atoms with Crippen molar-refractivity contribution in [3.8, 4) is 0 Å². The molecule has 0 unspecified atom stereocenters. The first kappa shape index (κ1) is 66.1. The smallest absolute Gasteiger partial charge is 0.462 e. The van der Waals surface area contributed by atoms with E-state index in [0.717, 1.165) is 58.7 Å². The molecule has 6 amide bonds. The van der Waals surface area contributed by atoms with Gasteiger partial charge in [0.05, 0.1) is 65.0 Å². The maximum Gasteiger partial charge on any atom is 0.508 e. The van der Waals surface area contributed by atoms with Crippen LogP contribution in [0, 0.1) is 0 Å². The molecule has 93 heavy (non-hydrogen) atoms. The monoisotopic (exact) mass is 1390 g/mol. The molecule has 10 aliphatic rings. The fraction of sp³-hybridized carbons (Fsp3) is 0.475. The minimum absolute atomic E-state index is 0.0700. The first-order chi connectivity index (χ1) is 44.2. The van der Waals surface area contributed by atoms with Gasteiger partial charge in [-0.05, 0) is 103 Å². The van der Waals surface area contributed by atoms with Crippen LogP contribution in [0.25, 0.3) is 0 Å². The second kappa shape index (κ2) is 24.4. The van der Waals surface area contributed by atoms with Gasteiger partial charge >= 0.3 is 18.2 Å². The Morgan fingerprint density at radius 3 is 1.45 bits per heavy atom. The number of piperazine rings is 2. The lowest BCUT2D eigenvalue weighted by atomic mass is 9.54. The van der Waals surface area contributed by atoms with E-state index in [1.807, 2.05) is 0 Å². The molecule has 4 bridgehead atoms. The summed E-state index contributed by atoms with van der Waals surface area (Å²) in [6, 6.07) is 28.1. The Balaban J connectivity index is 0.854. The Morgan fingerprint density at radius 2 is 0.989 bits per heavy atom. The number of nitrogens with one attached hydrogen (secondary N) is 2. The van der Waals surface area contributed by atoms with Gasteiger partial charge in [-0.1, -0.05) is 94.4 Å². The lowest BCUT2D eigenvalue weighted by Crippen LogP contribution is -2.78. The van der Waals surface area contributed by atoms with E-state index in [4.69, 9.17) is 28.4 Å². The molecule has 0 aliphatic carbocycles. The van der Waals surface area contributed by atoms with E-state index in [0.29, 0.717) is 6.42 Å². The molecular weight excluding hydrogens is 1330 g/mol. The van der Waals surface area contributed by atoms with Crippen molar-refractivity contribution >= 4 is 122 Å². The normalized spacial score (nSPS) is 27.9. The number of likely N-dealkylation sites (N-methyl/N-ethyl adjacent to an activating group) is 2. The minimum Gasteiger partial charge on any atom is -0.462 e. The van der Waals surface area contributed by atoms with Crippen LogP contribution in [0.2, 0.25) is 0 Å². The molecule has 8 atom stereocenters. The van der Waals surface area contributed by atoms with Gasteiger partial charge in [0, 0.05) is 53.4 Å². The molecule has 496 valence electrons. The molecule has 8 fully saturated rings. The van der Waals surface area contributed by atoms with E-state index in [1.54, 1.807) is 81.4 Å². The van der Waals surface area contributed by atoms with Crippen molar-refractivity contribution in [3.05, 3.63) is 120 Å². The van der Waals surface area contributed by atoms with Crippen LogP contribution < -0.4 is 19.2 Å². The lowest BCUT2D eigenvalue weighted by Gasteiger charge is -2.58. The average molecular weight is 1390 g/mol. The van der Waals surface area contributed by atoms with Crippen molar-refractivity contribution < 1.29 is 83.6 Å². The summed E-state index contributed by atoms with van der Waals surface area (Å²) in [5.41, 5.74) is -3.92. The highest BCUT2D eigenvalue weighted by Crippen LogP contribution is 2.81. The van der Waals surface area contributed by atoms with Crippen molar-refractivity contribution in [2.24, 2.45) is 0 Å². The van der Waals surface area contributed by atoms with E-state index in [2.05, 4.69) is 10.6 Å². The zero-order valence-corrected chi connectivity index (χ0v) is 56.3.